The zero-order chi connectivity index (χ0) is 28.2. The van der Waals surface area contributed by atoms with Crippen LogP contribution in [0.15, 0.2) is 53.3 Å². The van der Waals surface area contributed by atoms with Gasteiger partial charge in [-0.1, -0.05) is 30.7 Å². The molecule has 3 amide bonds. The lowest BCUT2D eigenvalue weighted by molar-refractivity contribution is -0.135. The summed E-state index contributed by atoms with van der Waals surface area (Å²) < 4.78 is 3.06. The molecule has 10 heteroatoms. The van der Waals surface area contributed by atoms with Crippen LogP contribution in [0.4, 0.5) is 5.69 Å². The Bertz CT molecular complexity index is 1430. The molecule has 1 unspecified atom stereocenters. The number of nitrogens with one attached hydrogen (secondary N) is 1. The van der Waals surface area contributed by atoms with Gasteiger partial charge in [0.05, 0.1) is 16.7 Å². The molecular formula is C30H38N6O4. The summed E-state index contributed by atoms with van der Waals surface area (Å²) in [7, 11) is 3.89. The Morgan fingerprint density at radius 3 is 2.15 bits per heavy atom. The van der Waals surface area contributed by atoms with Gasteiger partial charge in [0.1, 0.15) is 6.04 Å². The van der Waals surface area contributed by atoms with Gasteiger partial charge >= 0.3 is 5.69 Å². The highest BCUT2D eigenvalue weighted by Crippen LogP contribution is 2.30. The summed E-state index contributed by atoms with van der Waals surface area (Å²) in [5.74, 6) is -0.739. The van der Waals surface area contributed by atoms with E-state index in [1.54, 1.807) is 11.6 Å². The number of hydrogen-bond acceptors (Lipinski definition) is 6. The number of imidazole rings is 1. The van der Waals surface area contributed by atoms with Gasteiger partial charge in [-0.15, -0.1) is 0 Å². The van der Waals surface area contributed by atoms with E-state index in [0.717, 1.165) is 11.2 Å². The second-order valence-electron chi connectivity index (χ2n) is 10.8. The monoisotopic (exact) mass is 546 g/mol. The normalized spacial score (nSPS) is 20.2. The van der Waals surface area contributed by atoms with E-state index < -0.39 is 11.9 Å². The smallest absolute Gasteiger partial charge is 0.329 e. The number of amides is 3. The minimum atomic E-state index is -0.713. The molecule has 3 saturated heterocycles. The maximum Gasteiger partial charge on any atom is 0.329 e. The average molecular weight is 547 g/mol. The zero-order valence-electron chi connectivity index (χ0n) is 23.3. The lowest BCUT2D eigenvalue weighted by atomic mass is 10.1. The second-order valence-corrected chi connectivity index (χ2v) is 10.8. The Balaban J connectivity index is 0.000000403. The number of piperazine rings is 1. The van der Waals surface area contributed by atoms with Crippen LogP contribution in [0.5, 0.6) is 0 Å². The summed E-state index contributed by atoms with van der Waals surface area (Å²) in [4.78, 5) is 56.4. The number of likely N-dealkylation sites (tertiary alicyclic amines) is 1. The van der Waals surface area contributed by atoms with Crippen molar-refractivity contribution in [3.8, 4) is 0 Å². The van der Waals surface area contributed by atoms with Crippen molar-refractivity contribution in [2.75, 3.05) is 51.2 Å². The number of aryl methyl sites for hydroxylation is 1. The molecule has 0 saturated carbocycles. The van der Waals surface area contributed by atoms with Gasteiger partial charge in [0.2, 0.25) is 11.8 Å². The first-order chi connectivity index (χ1) is 19.3. The first-order valence-corrected chi connectivity index (χ1v) is 14.2. The molecule has 3 aliphatic heterocycles. The van der Waals surface area contributed by atoms with Crippen LogP contribution in [0.2, 0.25) is 0 Å². The lowest BCUT2D eigenvalue weighted by Gasteiger charge is -2.36. The fraction of sp³-hybridized carbons (Fsp3) is 0.467. The number of rotatable bonds is 3. The van der Waals surface area contributed by atoms with Crippen LogP contribution >= 0.6 is 0 Å². The van der Waals surface area contributed by atoms with E-state index in [2.05, 4.69) is 22.2 Å². The number of carbonyl (C=O) groups is 3. The molecular weight excluding hydrogens is 508 g/mol. The molecule has 1 aromatic heterocycles. The predicted octanol–water partition coefficient (Wildman–Crippen LogP) is 2.38. The summed E-state index contributed by atoms with van der Waals surface area (Å²) in [6.45, 7) is 5.06. The van der Waals surface area contributed by atoms with Crippen LogP contribution in [-0.2, 0) is 16.6 Å². The Labute approximate surface area is 234 Å². The van der Waals surface area contributed by atoms with Gasteiger partial charge in [0, 0.05) is 45.2 Å². The van der Waals surface area contributed by atoms with E-state index in [0.29, 0.717) is 43.7 Å². The Hall–Kier alpha value is -3.92. The lowest BCUT2D eigenvalue weighted by Crippen LogP contribution is -2.48. The molecule has 40 heavy (non-hydrogen) atoms. The van der Waals surface area contributed by atoms with Gasteiger partial charge in [-0.3, -0.25) is 28.8 Å². The maximum atomic E-state index is 13.1. The van der Waals surface area contributed by atoms with Crippen LogP contribution < -0.4 is 15.9 Å². The molecule has 0 aliphatic carbocycles. The number of piperidine rings is 2. The molecule has 3 aliphatic rings. The molecule has 4 heterocycles. The summed E-state index contributed by atoms with van der Waals surface area (Å²) in [6.07, 6.45) is 4.78. The standard InChI is InChI=1S/C24H25N5O4.C6H13N/c1-26-21-17(27-12-14-28(15-13-27)23(32)16-6-3-2-4-7-16)8-5-9-18(21)29(24(26)33)19-10-11-20(30)25-22(19)31;1-7-5-3-2-4-6-7/h2-9,19H,10-15H2,1H3,(H,25,30,31);2-6H2,1H3. The minimum absolute atomic E-state index is 0.0184. The number of fused-ring (bicyclic) bond motifs is 1. The van der Waals surface area contributed by atoms with E-state index in [1.165, 1.54) is 36.9 Å². The van der Waals surface area contributed by atoms with E-state index in [4.69, 9.17) is 0 Å². The fourth-order valence-electron chi connectivity index (χ4n) is 5.87. The summed E-state index contributed by atoms with van der Waals surface area (Å²) >= 11 is 0. The third kappa shape index (κ3) is 5.67. The third-order valence-corrected chi connectivity index (χ3v) is 8.11. The molecule has 10 nitrogen and oxygen atoms in total. The van der Waals surface area contributed by atoms with Crippen molar-refractivity contribution in [2.45, 2.75) is 38.1 Å². The third-order valence-electron chi connectivity index (χ3n) is 8.11. The topological polar surface area (TPSA) is 99.9 Å². The quantitative estimate of drug-likeness (QED) is 0.507. The van der Waals surface area contributed by atoms with E-state index in [1.807, 2.05) is 53.4 Å². The summed E-state index contributed by atoms with van der Waals surface area (Å²) in [5.41, 5.74) is 2.69. The summed E-state index contributed by atoms with van der Waals surface area (Å²) in [6, 6.07) is 14.2. The molecule has 2 aromatic carbocycles. The number of hydrogen-bond donors (Lipinski definition) is 1. The average Bonchev–Trinajstić information content (AvgIpc) is 3.23. The first kappa shape index (κ1) is 27.6. The molecule has 3 aromatic rings. The Morgan fingerprint density at radius 2 is 1.52 bits per heavy atom. The summed E-state index contributed by atoms with van der Waals surface area (Å²) in [5, 5.41) is 2.34. The van der Waals surface area contributed by atoms with Crippen LogP contribution in [0.1, 0.15) is 48.5 Å². The SMILES string of the molecule is CN1CCCCC1.Cn1c(=O)n(C2CCC(=O)NC2=O)c2cccc(N3CCN(C(=O)c4ccccc4)CC3)c21. The molecule has 3 fully saturated rings. The highest BCUT2D eigenvalue weighted by Gasteiger charge is 2.32. The van der Waals surface area contributed by atoms with Gasteiger partial charge in [-0.05, 0) is 63.7 Å². The van der Waals surface area contributed by atoms with Crippen molar-refractivity contribution in [1.29, 1.82) is 0 Å². The highest BCUT2D eigenvalue weighted by atomic mass is 16.2. The second kappa shape index (κ2) is 12.1. The number of para-hydroxylation sites is 1. The van der Waals surface area contributed by atoms with Gasteiger partial charge in [0.25, 0.3) is 5.91 Å². The van der Waals surface area contributed by atoms with Gasteiger partial charge in [-0.25, -0.2) is 4.79 Å². The maximum absolute atomic E-state index is 13.1. The molecule has 1 atom stereocenters. The number of aromatic nitrogens is 2. The van der Waals surface area contributed by atoms with Crippen LogP contribution in [0, 0.1) is 0 Å². The van der Waals surface area contributed by atoms with E-state index in [9.17, 15) is 19.2 Å². The van der Waals surface area contributed by atoms with Crippen molar-refractivity contribution in [3.63, 3.8) is 0 Å². The number of imide groups is 1. The first-order valence-electron chi connectivity index (χ1n) is 14.2. The Morgan fingerprint density at radius 1 is 0.825 bits per heavy atom. The highest BCUT2D eigenvalue weighted by molar-refractivity contribution is 6.00. The minimum Gasteiger partial charge on any atom is -0.366 e. The number of anilines is 1. The molecule has 1 N–H and O–H groups in total. The zero-order valence-corrected chi connectivity index (χ0v) is 23.3. The molecule has 0 bridgehead atoms. The molecule has 6 rings (SSSR count). The van der Waals surface area contributed by atoms with E-state index >= 15 is 0 Å². The van der Waals surface area contributed by atoms with Crippen molar-refractivity contribution in [2.24, 2.45) is 7.05 Å². The van der Waals surface area contributed by atoms with E-state index in [-0.39, 0.29) is 23.9 Å². The molecule has 0 spiro atoms. The van der Waals surface area contributed by atoms with Gasteiger partial charge in [0.15, 0.2) is 0 Å². The van der Waals surface area contributed by atoms with Crippen molar-refractivity contribution in [1.82, 2.24) is 24.3 Å². The predicted molar refractivity (Wildman–Crippen MR) is 155 cm³/mol. The largest absolute Gasteiger partial charge is 0.366 e. The van der Waals surface area contributed by atoms with Crippen molar-refractivity contribution >= 4 is 34.4 Å². The molecule has 0 radical (unpaired) electrons. The van der Waals surface area contributed by atoms with Crippen LogP contribution in [-0.4, -0.2) is 83.0 Å². The van der Waals surface area contributed by atoms with Crippen LogP contribution in [0.25, 0.3) is 11.0 Å². The molecule has 212 valence electrons. The Kier molecular flexibility index (Phi) is 8.35. The van der Waals surface area contributed by atoms with Crippen LogP contribution in [0.3, 0.4) is 0 Å². The van der Waals surface area contributed by atoms with Crippen molar-refractivity contribution in [3.05, 3.63) is 64.6 Å². The number of benzene rings is 2. The van der Waals surface area contributed by atoms with Gasteiger partial charge < -0.3 is 14.7 Å². The fourth-order valence-corrected chi connectivity index (χ4v) is 5.87. The van der Waals surface area contributed by atoms with Gasteiger partial charge in [-0.2, -0.15) is 0 Å². The number of carbonyl (C=O) groups excluding carboxylic acids is 3. The number of nitrogens with zero attached hydrogens (tertiary/aromatic N) is 5. The van der Waals surface area contributed by atoms with Crippen molar-refractivity contribution < 1.29 is 14.4 Å².